The van der Waals surface area contributed by atoms with Gasteiger partial charge in [0, 0.05) is 28.8 Å². The molecular formula is C18H17ClN2. The minimum atomic E-state index is 0.715. The molecule has 106 valence electrons. The number of halogens is 1. The van der Waals surface area contributed by atoms with E-state index < -0.39 is 0 Å². The molecule has 0 saturated carbocycles. The summed E-state index contributed by atoms with van der Waals surface area (Å²) in [7, 11) is 0. The molecule has 21 heavy (non-hydrogen) atoms. The van der Waals surface area contributed by atoms with Crippen molar-refractivity contribution in [2.75, 3.05) is 11.9 Å². The van der Waals surface area contributed by atoms with E-state index in [1.807, 2.05) is 30.5 Å². The predicted molar refractivity (Wildman–Crippen MR) is 90.1 cm³/mol. The lowest BCUT2D eigenvalue weighted by Gasteiger charge is -2.10. The van der Waals surface area contributed by atoms with Crippen molar-refractivity contribution in [3.05, 3.63) is 70.9 Å². The van der Waals surface area contributed by atoms with Crippen molar-refractivity contribution < 1.29 is 0 Å². The zero-order chi connectivity index (χ0) is 14.7. The molecule has 0 aliphatic carbocycles. The first kappa shape index (κ1) is 13.9. The molecule has 0 spiro atoms. The Morgan fingerprint density at radius 2 is 2.00 bits per heavy atom. The molecule has 0 unspecified atom stereocenters. The second kappa shape index (κ2) is 6.15. The zero-order valence-electron chi connectivity index (χ0n) is 11.9. The van der Waals surface area contributed by atoms with Gasteiger partial charge in [0.15, 0.2) is 0 Å². The number of fused-ring (bicyclic) bond motifs is 1. The molecule has 0 aliphatic rings. The largest absolute Gasteiger partial charge is 0.384 e. The maximum atomic E-state index is 6.01. The summed E-state index contributed by atoms with van der Waals surface area (Å²) in [6.07, 6.45) is 2.81. The third kappa shape index (κ3) is 3.34. The Bertz CT molecular complexity index is 768. The first-order valence-electron chi connectivity index (χ1n) is 7.06. The van der Waals surface area contributed by atoms with Crippen LogP contribution in [-0.2, 0) is 6.42 Å². The molecule has 2 nitrogen and oxygen atoms in total. The SMILES string of the molecule is Cc1cccc(CCNc2ccnc3cc(Cl)ccc23)c1. The van der Waals surface area contributed by atoms with E-state index in [1.165, 1.54) is 11.1 Å². The number of benzene rings is 2. The van der Waals surface area contributed by atoms with Crippen LogP contribution in [0, 0.1) is 6.92 Å². The van der Waals surface area contributed by atoms with E-state index in [2.05, 4.69) is 41.5 Å². The van der Waals surface area contributed by atoms with Crippen LogP contribution in [0.1, 0.15) is 11.1 Å². The Balaban J connectivity index is 1.73. The topological polar surface area (TPSA) is 24.9 Å². The summed E-state index contributed by atoms with van der Waals surface area (Å²) in [6, 6.07) is 16.4. The molecule has 0 amide bonds. The molecule has 1 heterocycles. The fourth-order valence-electron chi connectivity index (χ4n) is 2.48. The fourth-order valence-corrected chi connectivity index (χ4v) is 2.65. The first-order valence-corrected chi connectivity index (χ1v) is 7.44. The van der Waals surface area contributed by atoms with Gasteiger partial charge in [-0.2, -0.15) is 0 Å². The van der Waals surface area contributed by atoms with Crippen LogP contribution in [-0.4, -0.2) is 11.5 Å². The van der Waals surface area contributed by atoms with Crippen LogP contribution in [0.3, 0.4) is 0 Å². The standard InChI is InChI=1S/C18H17ClN2/c1-13-3-2-4-14(11-13)7-9-20-17-8-10-21-18-12-15(19)5-6-16(17)18/h2-6,8,10-12H,7,9H2,1H3,(H,20,21). The average Bonchev–Trinajstić information content (AvgIpc) is 2.47. The highest BCUT2D eigenvalue weighted by molar-refractivity contribution is 6.31. The highest BCUT2D eigenvalue weighted by Crippen LogP contribution is 2.24. The molecule has 3 aromatic rings. The van der Waals surface area contributed by atoms with E-state index >= 15 is 0 Å². The molecule has 0 atom stereocenters. The van der Waals surface area contributed by atoms with Crippen LogP contribution >= 0.6 is 11.6 Å². The van der Waals surface area contributed by atoms with Gasteiger partial charge in [0.25, 0.3) is 0 Å². The van der Waals surface area contributed by atoms with Gasteiger partial charge < -0.3 is 5.32 Å². The van der Waals surface area contributed by atoms with E-state index in [-0.39, 0.29) is 0 Å². The molecule has 0 saturated heterocycles. The van der Waals surface area contributed by atoms with Crippen molar-refractivity contribution in [2.24, 2.45) is 0 Å². The number of rotatable bonds is 4. The lowest BCUT2D eigenvalue weighted by atomic mass is 10.1. The molecule has 0 fully saturated rings. The van der Waals surface area contributed by atoms with Gasteiger partial charge in [0.05, 0.1) is 5.52 Å². The highest BCUT2D eigenvalue weighted by Gasteiger charge is 2.02. The molecule has 0 radical (unpaired) electrons. The number of hydrogen-bond acceptors (Lipinski definition) is 2. The molecule has 0 bridgehead atoms. The second-order valence-electron chi connectivity index (χ2n) is 5.19. The zero-order valence-corrected chi connectivity index (χ0v) is 12.7. The van der Waals surface area contributed by atoms with Crippen LogP contribution in [0.5, 0.6) is 0 Å². The van der Waals surface area contributed by atoms with Crippen LogP contribution < -0.4 is 5.32 Å². The first-order chi connectivity index (χ1) is 10.2. The maximum absolute atomic E-state index is 6.01. The summed E-state index contributed by atoms with van der Waals surface area (Å²) in [6.45, 7) is 3.02. The van der Waals surface area contributed by atoms with Gasteiger partial charge in [-0.15, -0.1) is 0 Å². The number of anilines is 1. The van der Waals surface area contributed by atoms with Gasteiger partial charge >= 0.3 is 0 Å². The van der Waals surface area contributed by atoms with E-state index in [4.69, 9.17) is 11.6 Å². The number of nitrogens with zero attached hydrogens (tertiary/aromatic N) is 1. The smallest absolute Gasteiger partial charge is 0.0737 e. The number of aryl methyl sites for hydroxylation is 1. The summed E-state index contributed by atoms with van der Waals surface area (Å²) < 4.78 is 0. The van der Waals surface area contributed by atoms with E-state index in [0.29, 0.717) is 5.02 Å². The Morgan fingerprint density at radius 1 is 1.10 bits per heavy atom. The van der Waals surface area contributed by atoms with Crippen molar-refractivity contribution in [1.82, 2.24) is 4.98 Å². The lowest BCUT2D eigenvalue weighted by Crippen LogP contribution is -2.05. The van der Waals surface area contributed by atoms with Crippen LogP contribution in [0.4, 0.5) is 5.69 Å². The number of pyridine rings is 1. The highest BCUT2D eigenvalue weighted by atomic mass is 35.5. The second-order valence-corrected chi connectivity index (χ2v) is 5.62. The summed E-state index contributed by atoms with van der Waals surface area (Å²) >= 11 is 6.01. The molecule has 3 rings (SSSR count). The van der Waals surface area contributed by atoms with Crippen LogP contribution in [0.2, 0.25) is 5.02 Å². The summed E-state index contributed by atoms with van der Waals surface area (Å²) in [4.78, 5) is 4.36. The maximum Gasteiger partial charge on any atom is 0.0737 e. The minimum absolute atomic E-state index is 0.715. The van der Waals surface area contributed by atoms with Crippen molar-refractivity contribution >= 4 is 28.2 Å². The third-order valence-corrected chi connectivity index (χ3v) is 3.75. The Hall–Kier alpha value is -2.06. The van der Waals surface area contributed by atoms with Crippen molar-refractivity contribution in [3.63, 3.8) is 0 Å². The summed E-state index contributed by atoms with van der Waals surface area (Å²) in [5, 5.41) is 5.31. The van der Waals surface area contributed by atoms with Gasteiger partial charge in [0.1, 0.15) is 0 Å². The Kier molecular flexibility index (Phi) is 4.07. The predicted octanol–water partition coefficient (Wildman–Crippen LogP) is 4.85. The third-order valence-electron chi connectivity index (χ3n) is 3.52. The van der Waals surface area contributed by atoms with Crippen molar-refractivity contribution in [1.29, 1.82) is 0 Å². The van der Waals surface area contributed by atoms with Gasteiger partial charge in [-0.05, 0) is 43.2 Å². The van der Waals surface area contributed by atoms with Gasteiger partial charge in [0.2, 0.25) is 0 Å². The van der Waals surface area contributed by atoms with Gasteiger partial charge in [-0.3, -0.25) is 4.98 Å². The normalized spacial score (nSPS) is 10.8. The quantitative estimate of drug-likeness (QED) is 0.744. The number of aromatic nitrogens is 1. The fraction of sp³-hybridized carbons (Fsp3) is 0.167. The average molecular weight is 297 g/mol. The monoisotopic (exact) mass is 296 g/mol. The summed E-state index contributed by atoms with van der Waals surface area (Å²) in [5.41, 5.74) is 4.67. The lowest BCUT2D eigenvalue weighted by molar-refractivity contribution is 1.02. The van der Waals surface area contributed by atoms with Gasteiger partial charge in [-0.1, -0.05) is 41.4 Å². The number of nitrogens with one attached hydrogen (secondary N) is 1. The van der Waals surface area contributed by atoms with Gasteiger partial charge in [-0.25, -0.2) is 0 Å². The molecule has 1 aromatic heterocycles. The van der Waals surface area contributed by atoms with E-state index in [0.717, 1.165) is 29.6 Å². The molecule has 3 heteroatoms. The van der Waals surface area contributed by atoms with Crippen molar-refractivity contribution in [3.8, 4) is 0 Å². The molecule has 1 N–H and O–H groups in total. The molecule has 2 aromatic carbocycles. The Labute approximate surface area is 129 Å². The van der Waals surface area contributed by atoms with Crippen LogP contribution in [0.15, 0.2) is 54.7 Å². The molecular weight excluding hydrogens is 280 g/mol. The Morgan fingerprint density at radius 3 is 2.86 bits per heavy atom. The van der Waals surface area contributed by atoms with E-state index in [1.54, 1.807) is 0 Å². The molecule has 0 aliphatic heterocycles. The van der Waals surface area contributed by atoms with Crippen LogP contribution in [0.25, 0.3) is 10.9 Å². The van der Waals surface area contributed by atoms with Crippen molar-refractivity contribution in [2.45, 2.75) is 13.3 Å². The van der Waals surface area contributed by atoms with E-state index in [9.17, 15) is 0 Å². The number of hydrogen-bond donors (Lipinski definition) is 1. The minimum Gasteiger partial charge on any atom is -0.384 e. The summed E-state index contributed by atoms with van der Waals surface area (Å²) in [5.74, 6) is 0.